The Morgan fingerprint density at radius 1 is 0.731 bits per heavy atom. The van der Waals surface area contributed by atoms with Crippen molar-refractivity contribution in [2.45, 2.75) is 71.4 Å². The van der Waals surface area contributed by atoms with Crippen LogP contribution in [-0.4, -0.2) is 120 Å². The number of nitrogens with zero attached hydrogens (tertiary/aromatic N) is 3. The number of morpholine rings is 1. The molecule has 5 rings (SSSR count). The molecule has 1 fully saturated rings. The molecule has 4 atom stereocenters. The van der Waals surface area contributed by atoms with Crippen molar-refractivity contribution >= 4 is 40.8 Å². The minimum Gasteiger partial charge on any atom is -0.391 e. The molecule has 1 saturated heterocycles. The van der Waals surface area contributed by atoms with Gasteiger partial charge in [-0.05, 0) is 138 Å². The van der Waals surface area contributed by atoms with Crippen LogP contribution in [0.4, 0.5) is 5.82 Å². The van der Waals surface area contributed by atoms with Gasteiger partial charge < -0.3 is 40.0 Å². The number of ether oxygens (including phenoxy) is 3. The number of halogens is 1. The van der Waals surface area contributed by atoms with Gasteiger partial charge in [-0.15, -0.1) is 0 Å². The fraction of sp³-hybridized carbons (Fsp3) is 0.346. The van der Waals surface area contributed by atoms with Crippen LogP contribution in [0.1, 0.15) is 84.5 Å². The van der Waals surface area contributed by atoms with Gasteiger partial charge in [0.1, 0.15) is 36.3 Å². The van der Waals surface area contributed by atoms with Crippen molar-refractivity contribution in [3.05, 3.63) is 124 Å². The molecule has 0 radical (unpaired) electrons. The van der Waals surface area contributed by atoms with Crippen LogP contribution in [0.3, 0.4) is 0 Å². The van der Waals surface area contributed by atoms with Crippen LogP contribution in [0.5, 0.6) is 0 Å². The molecule has 1 aliphatic rings. The van der Waals surface area contributed by atoms with E-state index < -0.39 is 48.2 Å². The first-order valence-corrected chi connectivity index (χ1v) is 21.8. The SMILES string of the molecule is CCOCC(=O)[C@@H](NC(=O)c1ccc(C#CC#Cc2ccc(Cl)nc2)cc1)[C@@H](C)OC(C)(C)C.C[C@@H](O)[C@H](NC(=O)c1ccc(C#CC#Cc2ccc(N3CCOCC3)nc2)cc1)C(=O)CO. The number of hydrogen-bond acceptors (Lipinski definition) is 12. The maximum atomic E-state index is 12.8. The third-order valence-electron chi connectivity index (χ3n) is 9.42. The number of rotatable bonds is 14. The second-order valence-corrected chi connectivity index (χ2v) is 16.2. The predicted octanol–water partition coefficient (Wildman–Crippen LogP) is 4.41. The summed E-state index contributed by atoms with van der Waals surface area (Å²) in [6.45, 7) is 13.2. The molecular weight excluding hydrogens is 874 g/mol. The van der Waals surface area contributed by atoms with Crippen LogP contribution in [0.2, 0.25) is 5.15 Å². The van der Waals surface area contributed by atoms with Gasteiger partial charge in [0.2, 0.25) is 0 Å². The van der Waals surface area contributed by atoms with Crippen LogP contribution in [-0.2, 0) is 23.8 Å². The number of aliphatic hydroxyl groups excluding tert-OH is 2. The van der Waals surface area contributed by atoms with Gasteiger partial charge in [-0.25, -0.2) is 9.97 Å². The summed E-state index contributed by atoms with van der Waals surface area (Å²) in [6.07, 6.45) is 1.64. The van der Waals surface area contributed by atoms with E-state index in [0.29, 0.717) is 52.8 Å². The van der Waals surface area contributed by atoms with Gasteiger partial charge in [0.15, 0.2) is 11.6 Å². The Kier molecular flexibility index (Phi) is 21.2. The van der Waals surface area contributed by atoms with Crippen molar-refractivity contribution in [2.24, 2.45) is 0 Å². The summed E-state index contributed by atoms with van der Waals surface area (Å²) in [5.41, 5.74) is 3.08. The number of aliphatic hydroxyl groups is 2. The monoisotopic (exact) mass is 927 g/mol. The average Bonchev–Trinajstić information content (AvgIpc) is 3.32. The minimum atomic E-state index is -1.17. The van der Waals surface area contributed by atoms with Gasteiger partial charge in [0, 0.05) is 65.5 Å². The molecule has 3 heterocycles. The molecule has 2 aromatic carbocycles. The molecule has 0 aliphatic carbocycles. The predicted molar refractivity (Wildman–Crippen MR) is 255 cm³/mol. The lowest BCUT2D eigenvalue weighted by atomic mass is 10.0. The maximum Gasteiger partial charge on any atom is 0.251 e. The molecule has 0 unspecified atom stereocenters. The number of benzene rings is 2. The molecule has 0 spiro atoms. The largest absolute Gasteiger partial charge is 0.391 e. The highest BCUT2D eigenvalue weighted by Crippen LogP contribution is 2.16. The van der Waals surface area contributed by atoms with Crippen molar-refractivity contribution in [1.82, 2.24) is 20.6 Å². The van der Waals surface area contributed by atoms with Crippen LogP contribution in [0.25, 0.3) is 0 Å². The number of anilines is 1. The van der Waals surface area contributed by atoms with Gasteiger partial charge in [-0.3, -0.25) is 19.2 Å². The average molecular weight is 928 g/mol. The van der Waals surface area contributed by atoms with Crippen LogP contribution >= 0.6 is 11.6 Å². The molecule has 0 bridgehead atoms. The summed E-state index contributed by atoms with van der Waals surface area (Å²) >= 11 is 5.75. The molecule has 14 nitrogen and oxygen atoms in total. The highest BCUT2D eigenvalue weighted by Gasteiger charge is 2.31. The van der Waals surface area contributed by atoms with Crippen molar-refractivity contribution in [3.8, 4) is 47.4 Å². The summed E-state index contributed by atoms with van der Waals surface area (Å²) in [7, 11) is 0. The summed E-state index contributed by atoms with van der Waals surface area (Å²) < 4.78 is 16.5. The number of aromatic nitrogens is 2. The van der Waals surface area contributed by atoms with Gasteiger partial charge in [0.25, 0.3) is 11.8 Å². The van der Waals surface area contributed by atoms with Crippen molar-refractivity contribution < 1.29 is 43.6 Å². The van der Waals surface area contributed by atoms with Gasteiger partial charge in [0.05, 0.1) is 31.0 Å². The lowest BCUT2D eigenvalue weighted by Gasteiger charge is -2.30. The molecule has 4 aromatic rings. The van der Waals surface area contributed by atoms with Crippen LogP contribution < -0.4 is 15.5 Å². The zero-order valence-electron chi connectivity index (χ0n) is 38.3. The topological polar surface area (TPSA) is 190 Å². The molecule has 2 amide bonds. The Hall–Kier alpha value is -6.85. The molecule has 4 N–H and O–H groups in total. The van der Waals surface area contributed by atoms with Crippen molar-refractivity contribution in [2.75, 3.05) is 51.0 Å². The molecule has 67 heavy (non-hydrogen) atoms. The normalized spacial score (nSPS) is 13.5. The van der Waals surface area contributed by atoms with Crippen LogP contribution in [0.15, 0.2) is 85.2 Å². The van der Waals surface area contributed by atoms with E-state index in [0.717, 1.165) is 24.5 Å². The minimum absolute atomic E-state index is 0.0963. The number of pyridine rings is 2. The van der Waals surface area contributed by atoms with E-state index in [9.17, 15) is 24.3 Å². The number of hydrogen-bond donors (Lipinski definition) is 4. The Morgan fingerprint density at radius 3 is 1.64 bits per heavy atom. The van der Waals surface area contributed by atoms with E-state index >= 15 is 0 Å². The van der Waals surface area contributed by atoms with Crippen molar-refractivity contribution in [1.29, 1.82) is 0 Å². The Morgan fingerprint density at radius 2 is 1.21 bits per heavy atom. The molecule has 15 heteroatoms. The van der Waals surface area contributed by atoms with Gasteiger partial charge >= 0.3 is 0 Å². The molecule has 348 valence electrons. The third-order valence-corrected chi connectivity index (χ3v) is 9.64. The molecule has 2 aromatic heterocycles. The van der Waals surface area contributed by atoms with E-state index in [4.69, 9.17) is 30.9 Å². The zero-order valence-corrected chi connectivity index (χ0v) is 39.1. The summed E-state index contributed by atoms with van der Waals surface area (Å²) in [5, 5.41) is 24.2. The first-order valence-electron chi connectivity index (χ1n) is 21.4. The van der Waals surface area contributed by atoms with E-state index in [1.54, 1.807) is 86.9 Å². The van der Waals surface area contributed by atoms with E-state index in [2.05, 4.69) is 72.9 Å². The highest BCUT2D eigenvalue weighted by molar-refractivity contribution is 6.29. The number of ketones is 2. The van der Waals surface area contributed by atoms with E-state index in [-0.39, 0.29) is 18.3 Å². The lowest BCUT2D eigenvalue weighted by molar-refractivity contribution is -0.133. The van der Waals surface area contributed by atoms with Gasteiger partial charge in [-0.2, -0.15) is 0 Å². The third kappa shape index (κ3) is 18.5. The van der Waals surface area contributed by atoms with Gasteiger partial charge in [-0.1, -0.05) is 35.3 Å². The van der Waals surface area contributed by atoms with Crippen molar-refractivity contribution in [3.63, 3.8) is 0 Å². The maximum absolute atomic E-state index is 12.8. The van der Waals surface area contributed by atoms with E-state index in [1.165, 1.54) is 6.92 Å². The first kappa shape index (κ1) is 52.8. The smallest absolute Gasteiger partial charge is 0.251 e. The number of carbonyl (C=O) groups excluding carboxylic acids is 4. The summed E-state index contributed by atoms with van der Waals surface area (Å²) in [4.78, 5) is 60.0. The van der Waals surface area contributed by atoms with E-state index in [1.807, 2.05) is 32.9 Å². The Balaban J connectivity index is 0.000000293. The standard InChI is InChI=1S/C27H29ClN2O4.C25H25N3O5/c1-6-33-18-23(31)25(19(2)34-27(3,4)5)30-26(32)22-14-11-20(12-15-22)9-7-8-10-21-13-16-24(28)29-17-21;1-18(30)24(22(31)17-29)27-25(32)21-9-6-19(7-10-21)4-2-3-5-20-8-11-23(26-16-20)28-12-14-33-15-13-28/h11-17,19,25H,6,18H2,1-5H3,(H,30,32);6-11,16,18,24,29-30H,12-15,17H2,1H3,(H,27,32)/t19-,25+;18-,24+/m11/s1. The fourth-order valence-electron chi connectivity index (χ4n) is 6.11. The second-order valence-electron chi connectivity index (χ2n) is 15.8. The number of Topliss-reactive ketones (excluding diaryl/α,β-unsaturated/α-hetero) is 2. The first-order chi connectivity index (χ1) is 32.1. The quantitative estimate of drug-likeness (QED) is 0.103. The number of nitrogens with one attached hydrogen (secondary N) is 2. The molecular formula is C52H54ClN5O9. The number of carbonyl (C=O) groups is 4. The van der Waals surface area contributed by atoms with Crippen LogP contribution in [0, 0.1) is 47.4 Å². The summed E-state index contributed by atoms with van der Waals surface area (Å²) in [5.74, 6) is 21.8. The highest BCUT2D eigenvalue weighted by atomic mass is 35.5. The lowest BCUT2D eigenvalue weighted by Crippen LogP contribution is -2.51. The summed E-state index contributed by atoms with van der Waals surface area (Å²) in [6, 6.07) is 18.4. The second kappa shape index (κ2) is 26.9. The molecule has 1 aliphatic heterocycles. The fourth-order valence-corrected chi connectivity index (χ4v) is 6.22. The Labute approximate surface area is 397 Å². The zero-order chi connectivity index (χ0) is 48.8. The Bertz CT molecular complexity index is 2540. The molecule has 0 saturated carbocycles. The number of amides is 2.